The molecule has 3 aromatic rings. The third-order valence-electron chi connectivity index (χ3n) is 6.36. The van der Waals surface area contributed by atoms with Crippen LogP contribution >= 0.6 is 23.2 Å². The van der Waals surface area contributed by atoms with Crippen molar-refractivity contribution in [2.45, 2.75) is 52.1 Å². The second-order valence-corrected chi connectivity index (χ2v) is 12.1. The summed E-state index contributed by atoms with van der Waals surface area (Å²) in [6.07, 6.45) is 0. The first-order chi connectivity index (χ1) is 18.3. The van der Waals surface area contributed by atoms with Crippen molar-refractivity contribution >= 4 is 50.7 Å². The Bertz CT molecular complexity index is 1460. The third-order valence-corrected chi connectivity index (χ3v) is 8.88. The van der Waals surface area contributed by atoms with Crippen LogP contribution in [0.2, 0.25) is 10.0 Å². The summed E-state index contributed by atoms with van der Waals surface area (Å²) in [6, 6.07) is 15.9. The van der Waals surface area contributed by atoms with Gasteiger partial charge in [0.1, 0.15) is 12.6 Å². The van der Waals surface area contributed by atoms with E-state index in [1.807, 2.05) is 19.9 Å². The molecule has 208 valence electrons. The van der Waals surface area contributed by atoms with Gasteiger partial charge in [-0.15, -0.1) is 0 Å². The Labute approximate surface area is 240 Å². The van der Waals surface area contributed by atoms with Gasteiger partial charge in [-0.3, -0.25) is 13.9 Å². The molecule has 10 heteroatoms. The molecular formula is C29H33Cl2N3O4S. The molecule has 1 N–H and O–H groups in total. The Kier molecular flexibility index (Phi) is 10.0. The molecule has 3 aromatic carbocycles. The molecule has 0 aliphatic rings. The highest BCUT2D eigenvalue weighted by Gasteiger charge is 2.33. The van der Waals surface area contributed by atoms with Gasteiger partial charge in [0.15, 0.2) is 0 Å². The second-order valence-electron chi connectivity index (χ2n) is 9.46. The molecule has 39 heavy (non-hydrogen) atoms. The number of halogens is 2. The maximum Gasteiger partial charge on any atom is 0.264 e. The molecular weight excluding hydrogens is 557 g/mol. The van der Waals surface area contributed by atoms with Gasteiger partial charge in [0.2, 0.25) is 11.8 Å². The smallest absolute Gasteiger partial charge is 0.264 e. The summed E-state index contributed by atoms with van der Waals surface area (Å²) in [5.41, 5.74) is 3.60. The number of nitrogens with zero attached hydrogens (tertiary/aromatic N) is 2. The largest absolute Gasteiger partial charge is 0.355 e. The van der Waals surface area contributed by atoms with Crippen LogP contribution in [0, 0.1) is 20.8 Å². The lowest BCUT2D eigenvalue weighted by atomic mass is 10.1. The van der Waals surface area contributed by atoms with Crippen molar-refractivity contribution in [3.63, 3.8) is 0 Å². The first-order valence-electron chi connectivity index (χ1n) is 12.5. The maximum absolute atomic E-state index is 13.9. The number of anilines is 1. The van der Waals surface area contributed by atoms with Crippen LogP contribution in [0.3, 0.4) is 0 Å². The molecule has 3 rings (SSSR count). The van der Waals surface area contributed by atoms with Crippen molar-refractivity contribution in [3.8, 4) is 0 Å². The molecule has 0 bridgehead atoms. The number of sulfonamides is 1. The number of carbonyl (C=O) groups is 2. The summed E-state index contributed by atoms with van der Waals surface area (Å²) >= 11 is 12.3. The minimum absolute atomic E-state index is 0.0271. The number of rotatable bonds is 10. The lowest BCUT2D eigenvalue weighted by molar-refractivity contribution is -0.139. The van der Waals surface area contributed by atoms with Gasteiger partial charge >= 0.3 is 0 Å². The Balaban J connectivity index is 2.07. The number of hydrogen-bond donors (Lipinski definition) is 1. The number of nitrogens with one attached hydrogen (secondary N) is 1. The van der Waals surface area contributed by atoms with Crippen molar-refractivity contribution < 1.29 is 18.0 Å². The zero-order valence-electron chi connectivity index (χ0n) is 22.7. The molecule has 0 heterocycles. The quantitative estimate of drug-likeness (QED) is 0.330. The van der Waals surface area contributed by atoms with Crippen LogP contribution in [0.15, 0.2) is 65.6 Å². The van der Waals surface area contributed by atoms with Gasteiger partial charge < -0.3 is 10.2 Å². The van der Waals surface area contributed by atoms with Crippen LogP contribution in [-0.4, -0.2) is 44.3 Å². The SMILES string of the molecule is CCNC(=O)[C@@H](C)N(Cc1ccc(Cl)c(Cl)c1)C(=O)CN(c1ccc(C)cc1C)S(=O)(=O)c1ccc(C)cc1. The number of likely N-dealkylation sites (N-methyl/N-ethyl adjacent to an activating group) is 1. The Morgan fingerprint density at radius 3 is 2.13 bits per heavy atom. The van der Waals surface area contributed by atoms with E-state index >= 15 is 0 Å². The van der Waals surface area contributed by atoms with Gasteiger partial charge in [-0.25, -0.2) is 8.42 Å². The fraction of sp³-hybridized carbons (Fsp3) is 0.310. The summed E-state index contributed by atoms with van der Waals surface area (Å²) < 4.78 is 29.0. The van der Waals surface area contributed by atoms with Gasteiger partial charge in [-0.2, -0.15) is 0 Å². The van der Waals surface area contributed by atoms with E-state index in [4.69, 9.17) is 23.2 Å². The molecule has 0 aromatic heterocycles. The minimum atomic E-state index is -4.13. The molecule has 7 nitrogen and oxygen atoms in total. The van der Waals surface area contributed by atoms with Crippen molar-refractivity contribution in [1.29, 1.82) is 0 Å². The molecule has 0 radical (unpaired) electrons. The first-order valence-corrected chi connectivity index (χ1v) is 14.7. The number of benzene rings is 3. The topological polar surface area (TPSA) is 86.8 Å². The number of aryl methyl sites for hydroxylation is 3. The van der Waals surface area contributed by atoms with Crippen molar-refractivity contribution in [1.82, 2.24) is 10.2 Å². The highest BCUT2D eigenvalue weighted by molar-refractivity contribution is 7.92. The Morgan fingerprint density at radius 1 is 0.897 bits per heavy atom. The number of carbonyl (C=O) groups excluding carboxylic acids is 2. The molecule has 2 amide bonds. The summed E-state index contributed by atoms with van der Waals surface area (Å²) in [6.45, 7) is 8.87. The van der Waals surface area contributed by atoms with Crippen LogP contribution in [-0.2, 0) is 26.2 Å². The normalized spacial score (nSPS) is 12.1. The molecule has 0 saturated heterocycles. The fourth-order valence-corrected chi connectivity index (χ4v) is 5.97. The van der Waals surface area contributed by atoms with Gasteiger partial charge in [-0.05, 0) is 76.1 Å². The van der Waals surface area contributed by atoms with Gasteiger partial charge in [0.25, 0.3) is 10.0 Å². The van der Waals surface area contributed by atoms with Crippen LogP contribution in [0.25, 0.3) is 0 Å². The first kappa shape index (κ1) is 30.5. The van der Waals surface area contributed by atoms with Crippen molar-refractivity contribution in [3.05, 3.63) is 93.0 Å². The number of amides is 2. The third kappa shape index (κ3) is 7.32. The zero-order valence-corrected chi connectivity index (χ0v) is 25.0. The van der Waals surface area contributed by atoms with E-state index in [0.29, 0.717) is 33.4 Å². The van der Waals surface area contributed by atoms with Crippen LogP contribution < -0.4 is 9.62 Å². The Morgan fingerprint density at radius 2 is 1.54 bits per heavy atom. The van der Waals surface area contributed by atoms with Gasteiger partial charge in [0, 0.05) is 13.1 Å². The van der Waals surface area contributed by atoms with E-state index in [2.05, 4.69) is 5.32 Å². The summed E-state index contributed by atoms with van der Waals surface area (Å²) in [5.74, 6) is -0.902. The molecule has 0 spiro atoms. The van der Waals surface area contributed by atoms with E-state index in [1.165, 1.54) is 17.0 Å². The molecule has 0 saturated carbocycles. The summed E-state index contributed by atoms with van der Waals surface area (Å²) in [5, 5.41) is 3.41. The monoisotopic (exact) mass is 589 g/mol. The van der Waals surface area contributed by atoms with Gasteiger partial charge in [0.05, 0.1) is 20.6 Å². The molecule has 0 aliphatic carbocycles. The maximum atomic E-state index is 13.9. The van der Waals surface area contributed by atoms with Gasteiger partial charge in [-0.1, -0.05) is 64.7 Å². The zero-order chi connectivity index (χ0) is 28.9. The highest BCUT2D eigenvalue weighted by Crippen LogP contribution is 2.29. The van der Waals surface area contributed by atoms with E-state index in [1.54, 1.807) is 63.2 Å². The lowest BCUT2D eigenvalue weighted by Gasteiger charge is -2.32. The molecule has 0 unspecified atom stereocenters. The molecule has 1 atom stereocenters. The minimum Gasteiger partial charge on any atom is -0.355 e. The van der Waals surface area contributed by atoms with E-state index < -0.39 is 28.5 Å². The van der Waals surface area contributed by atoms with E-state index in [9.17, 15) is 18.0 Å². The average molecular weight is 591 g/mol. The van der Waals surface area contributed by atoms with E-state index in [0.717, 1.165) is 15.4 Å². The van der Waals surface area contributed by atoms with Crippen molar-refractivity contribution in [2.75, 3.05) is 17.4 Å². The summed E-state index contributed by atoms with van der Waals surface area (Å²) in [4.78, 5) is 28.2. The predicted octanol–water partition coefficient (Wildman–Crippen LogP) is 5.67. The second kappa shape index (κ2) is 12.9. The number of hydrogen-bond acceptors (Lipinski definition) is 4. The molecule has 0 fully saturated rings. The van der Waals surface area contributed by atoms with Crippen LogP contribution in [0.4, 0.5) is 5.69 Å². The average Bonchev–Trinajstić information content (AvgIpc) is 2.88. The van der Waals surface area contributed by atoms with Crippen LogP contribution in [0.5, 0.6) is 0 Å². The standard InChI is InChI=1S/C29H33Cl2N3O4S/c1-6-32-29(36)22(5)33(17-23-10-13-25(30)26(31)16-23)28(35)18-34(27-14-9-20(3)15-21(27)4)39(37,38)24-11-7-19(2)8-12-24/h7-16,22H,6,17-18H2,1-5H3,(H,32,36)/t22-/m1/s1. The lowest BCUT2D eigenvalue weighted by Crippen LogP contribution is -2.51. The van der Waals surface area contributed by atoms with E-state index in [-0.39, 0.29) is 17.3 Å². The van der Waals surface area contributed by atoms with Crippen LogP contribution in [0.1, 0.15) is 36.1 Å². The Hall–Kier alpha value is -3.07. The highest BCUT2D eigenvalue weighted by atomic mass is 35.5. The predicted molar refractivity (Wildman–Crippen MR) is 157 cm³/mol. The fourth-order valence-electron chi connectivity index (χ4n) is 4.18. The van der Waals surface area contributed by atoms with Crippen molar-refractivity contribution in [2.24, 2.45) is 0 Å². The molecule has 0 aliphatic heterocycles. The summed E-state index contributed by atoms with van der Waals surface area (Å²) in [7, 11) is -4.13.